The number of rotatable bonds is 4. The minimum atomic E-state index is -0.366. The normalized spacial score (nSPS) is 14.5. The highest BCUT2D eigenvalue weighted by molar-refractivity contribution is 5.95. The molecule has 0 atom stereocenters. The van der Waals surface area contributed by atoms with Crippen molar-refractivity contribution in [3.8, 4) is 11.5 Å². The molecule has 1 aliphatic heterocycles. The van der Waals surface area contributed by atoms with Crippen molar-refractivity contribution in [2.45, 2.75) is 6.42 Å². The zero-order valence-electron chi connectivity index (χ0n) is 17.2. The second-order valence-electron chi connectivity index (χ2n) is 6.94. The zero-order valence-corrected chi connectivity index (χ0v) is 17.2. The van der Waals surface area contributed by atoms with E-state index in [1.54, 1.807) is 37.3 Å². The molecule has 1 aliphatic rings. The predicted molar refractivity (Wildman–Crippen MR) is 109 cm³/mol. The third-order valence-electron chi connectivity index (χ3n) is 5.24. The fraction of sp³-hybridized carbons (Fsp3) is 0.450. The van der Waals surface area contributed by atoms with E-state index < -0.39 is 0 Å². The van der Waals surface area contributed by atoms with Crippen LogP contribution in [0.3, 0.4) is 0 Å². The van der Waals surface area contributed by atoms with Crippen molar-refractivity contribution in [3.05, 3.63) is 50.7 Å². The number of hydrogen-bond donors (Lipinski definition) is 0. The average molecular weight is 402 g/mol. The molecule has 29 heavy (non-hydrogen) atoms. The molecule has 0 saturated carbocycles. The second kappa shape index (κ2) is 8.42. The molecule has 9 nitrogen and oxygen atoms in total. The van der Waals surface area contributed by atoms with E-state index in [9.17, 15) is 14.4 Å². The van der Waals surface area contributed by atoms with Crippen molar-refractivity contribution in [2.75, 3.05) is 45.3 Å². The van der Waals surface area contributed by atoms with Gasteiger partial charge in [-0.15, -0.1) is 0 Å². The molecule has 9 heteroatoms. The van der Waals surface area contributed by atoms with E-state index in [4.69, 9.17) is 9.47 Å². The summed E-state index contributed by atoms with van der Waals surface area (Å²) in [6.07, 6.45) is 0.725. The smallest absolute Gasteiger partial charge is 0.332 e. The highest BCUT2D eigenvalue weighted by Crippen LogP contribution is 2.28. The first-order chi connectivity index (χ1) is 13.9. The third kappa shape index (κ3) is 3.98. The van der Waals surface area contributed by atoms with E-state index in [-0.39, 0.29) is 17.2 Å². The highest BCUT2D eigenvalue weighted by Gasteiger charge is 2.23. The number of ether oxygens (including phenoxy) is 2. The molecule has 1 saturated heterocycles. The van der Waals surface area contributed by atoms with Gasteiger partial charge in [-0.2, -0.15) is 0 Å². The van der Waals surface area contributed by atoms with Crippen molar-refractivity contribution in [1.29, 1.82) is 0 Å². The van der Waals surface area contributed by atoms with E-state index in [1.165, 1.54) is 24.8 Å². The Morgan fingerprint density at radius 3 is 2.31 bits per heavy atom. The number of carbonyl (C=O) groups is 1. The van der Waals surface area contributed by atoms with Gasteiger partial charge in [0.2, 0.25) is 0 Å². The van der Waals surface area contributed by atoms with Crippen LogP contribution in [0.4, 0.5) is 5.82 Å². The van der Waals surface area contributed by atoms with Crippen LogP contribution in [0.2, 0.25) is 0 Å². The molecule has 0 N–H and O–H groups in total. The maximum absolute atomic E-state index is 13.0. The van der Waals surface area contributed by atoms with Crippen LogP contribution in [0.25, 0.3) is 0 Å². The number of anilines is 1. The molecule has 1 fully saturated rings. The van der Waals surface area contributed by atoms with Crippen molar-refractivity contribution >= 4 is 11.7 Å². The monoisotopic (exact) mass is 402 g/mol. The number of nitrogens with zero attached hydrogens (tertiary/aromatic N) is 4. The van der Waals surface area contributed by atoms with Crippen LogP contribution in [0, 0.1) is 0 Å². The van der Waals surface area contributed by atoms with Crippen molar-refractivity contribution < 1.29 is 14.3 Å². The fourth-order valence-electron chi connectivity index (χ4n) is 3.53. The Morgan fingerprint density at radius 2 is 1.62 bits per heavy atom. The molecule has 2 heterocycles. The van der Waals surface area contributed by atoms with Gasteiger partial charge in [0.1, 0.15) is 5.82 Å². The second-order valence-corrected chi connectivity index (χ2v) is 6.94. The summed E-state index contributed by atoms with van der Waals surface area (Å²) >= 11 is 0. The summed E-state index contributed by atoms with van der Waals surface area (Å²) in [4.78, 5) is 41.0. The van der Waals surface area contributed by atoms with Gasteiger partial charge < -0.3 is 19.3 Å². The van der Waals surface area contributed by atoms with Gasteiger partial charge in [0.15, 0.2) is 11.5 Å². The molecule has 1 amide bonds. The van der Waals surface area contributed by atoms with Crippen LogP contribution < -0.4 is 25.6 Å². The molecule has 0 radical (unpaired) electrons. The van der Waals surface area contributed by atoms with Gasteiger partial charge in [-0.25, -0.2) is 4.79 Å². The molecule has 1 aromatic heterocycles. The first kappa shape index (κ1) is 20.5. The van der Waals surface area contributed by atoms with E-state index in [1.807, 2.05) is 4.90 Å². The number of hydrogen-bond acceptors (Lipinski definition) is 6. The fourth-order valence-corrected chi connectivity index (χ4v) is 3.53. The van der Waals surface area contributed by atoms with Crippen molar-refractivity contribution in [3.63, 3.8) is 0 Å². The van der Waals surface area contributed by atoms with E-state index in [0.29, 0.717) is 49.1 Å². The number of carbonyl (C=O) groups excluding carboxylic acids is 1. The van der Waals surface area contributed by atoms with Gasteiger partial charge >= 0.3 is 5.69 Å². The van der Waals surface area contributed by atoms with Crippen LogP contribution in [-0.4, -0.2) is 60.3 Å². The van der Waals surface area contributed by atoms with Crippen LogP contribution in [-0.2, 0) is 14.1 Å². The highest BCUT2D eigenvalue weighted by atomic mass is 16.5. The molecule has 2 aromatic rings. The van der Waals surface area contributed by atoms with Gasteiger partial charge in [-0.3, -0.25) is 18.7 Å². The lowest BCUT2D eigenvalue weighted by Crippen LogP contribution is -2.41. The Morgan fingerprint density at radius 1 is 0.897 bits per heavy atom. The number of aromatic nitrogens is 2. The lowest BCUT2D eigenvalue weighted by atomic mass is 10.1. The molecule has 1 aromatic carbocycles. The van der Waals surface area contributed by atoms with Crippen LogP contribution in [0.15, 0.2) is 33.9 Å². The van der Waals surface area contributed by atoms with Gasteiger partial charge in [-0.05, 0) is 24.6 Å². The largest absolute Gasteiger partial charge is 0.493 e. The standard InChI is InChI=1S/C20H26N4O5/c1-21-17(13-18(25)22(2)20(21)27)23-8-5-9-24(11-10-23)19(26)14-6-7-15(28-3)16(12-14)29-4/h6-7,12-13H,5,8-11H2,1-4H3. The molecule has 156 valence electrons. The Balaban J connectivity index is 1.79. The topological polar surface area (TPSA) is 86.0 Å². The Hall–Kier alpha value is -3.23. The van der Waals surface area contributed by atoms with Crippen LogP contribution in [0.1, 0.15) is 16.8 Å². The minimum absolute atomic E-state index is 0.0920. The predicted octanol–water partition coefficient (Wildman–Crippen LogP) is 0.454. The first-order valence-electron chi connectivity index (χ1n) is 9.40. The molecule has 3 rings (SSSR count). The summed E-state index contributed by atoms with van der Waals surface area (Å²) in [6.45, 7) is 2.24. The third-order valence-corrected chi connectivity index (χ3v) is 5.24. The van der Waals surface area contributed by atoms with Gasteiger partial charge in [0, 0.05) is 51.9 Å². The Bertz CT molecular complexity index is 1030. The van der Waals surface area contributed by atoms with Crippen molar-refractivity contribution in [2.24, 2.45) is 14.1 Å². The SMILES string of the molecule is COc1ccc(C(=O)N2CCCN(c3cc(=O)n(C)c(=O)n3C)CC2)cc1OC. The Labute approximate surface area is 168 Å². The number of amides is 1. The Kier molecular flexibility index (Phi) is 5.95. The average Bonchev–Trinajstić information content (AvgIpc) is 2.99. The van der Waals surface area contributed by atoms with Gasteiger partial charge in [0.05, 0.1) is 14.2 Å². The summed E-state index contributed by atoms with van der Waals surface area (Å²) in [7, 11) is 6.19. The molecular formula is C20H26N4O5. The van der Waals surface area contributed by atoms with E-state index in [0.717, 1.165) is 11.0 Å². The summed E-state index contributed by atoms with van der Waals surface area (Å²) in [5.41, 5.74) is -0.183. The molecule has 0 spiro atoms. The van der Waals surface area contributed by atoms with Gasteiger partial charge in [0.25, 0.3) is 11.5 Å². The quantitative estimate of drug-likeness (QED) is 0.738. The molecule has 0 bridgehead atoms. The lowest BCUT2D eigenvalue weighted by Gasteiger charge is -2.25. The first-order valence-corrected chi connectivity index (χ1v) is 9.40. The van der Waals surface area contributed by atoms with E-state index in [2.05, 4.69) is 0 Å². The summed E-state index contributed by atoms with van der Waals surface area (Å²) in [5, 5.41) is 0. The lowest BCUT2D eigenvalue weighted by molar-refractivity contribution is 0.0766. The summed E-state index contributed by atoms with van der Waals surface area (Å²) in [5.74, 6) is 1.55. The zero-order chi connectivity index (χ0) is 21.1. The molecule has 0 aliphatic carbocycles. The summed E-state index contributed by atoms with van der Waals surface area (Å²) < 4.78 is 13.1. The number of methoxy groups -OCH3 is 2. The number of benzene rings is 1. The summed E-state index contributed by atoms with van der Waals surface area (Å²) in [6, 6.07) is 6.57. The van der Waals surface area contributed by atoms with Crippen LogP contribution in [0.5, 0.6) is 11.5 Å². The van der Waals surface area contributed by atoms with Crippen molar-refractivity contribution in [1.82, 2.24) is 14.0 Å². The maximum Gasteiger partial charge on any atom is 0.332 e. The van der Waals surface area contributed by atoms with Crippen LogP contribution >= 0.6 is 0 Å². The molecule has 0 unspecified atom stereocenters. The van der Waals surface area contributed by atoms with E-state index >= 15 is 0 Å². The maximum atomic E-state index is 13.0. The minimum Gasteiger partial charge on any atom is -0.493 e. The molecular weight excluding hydrogens is 376 g/mol. The van der Waals surface area contributed by atoms with Gasteiger partial charge in [-0.1, -0.05) is 0 Å².